The minimum atomic E-state index is 0.175. The molecule has 1 unspecified atom stereocenters. The van der Waals surface area contributed by atoms with Crippen molar-refractivity contribution >= 4 is 16.9 Å². The number of nitrogens with zero attached hydrogens (tertiary/aromatic N) is 2. The van der Waals surface area contributed by atoms with E-state index in [0.29, 0.717) is 5.92 Å². The second-order valence-corrected chi connectivity index (χ2v) is 4.97. The molecule has 0 aromatic carbocycles. The number of amides is 1. The Morgan fingerprint density at radius 2 is 2.44 bits per heavy atom. The Morgan fingerprint density at radius 3 is 3.22 bits per heavy atom. The summed E-state index contributed by atoms with van der Waals surface area (Å²) in [6.45, 7) is 3.36. The molecular formula is C14H17N3O. The van der Waals surface area contributed by atoms with Crippen LogP contribution in [0.3, 0.4) is 0 Å². The molecule has 0 radical (unpaired) electrons. The van der Waals surface area contributed by atoms with Crippen LogP contribution in [0.1, 0.15) is 31.4 Å². The zero-order valence-electron chi connectivity index (χ0n) is 10.5. The molecule has 4 heteroatoms. The molecule has 3 rings (SSSR count). The number of nitrogens with one attached hydrogen (secondary N) is 1. The standard InChI is InChI=1S/C14H17N3O/c1-10(18)17-7-3-5-12(9-17)13-8-11-4-2-6-15-14(11)16-13/h2,4,6,8,12H,3,5,7,9H2,1H3,(H,15,16). The second-order valence-electron chi connectivity index (χ2n) is 4.97. The fraction of sp³-hybridized carbons (Fsp3) is 0.429. The lowest BCUT2D eigenvalue weighted by Crippen LogP contribution is -2.37. The minimum Gasteiger partial charge on any atom is -0.343 e. The second kappa shape index (κ2) is 4.44. The number of hydrogen-bond donors (Lipinski definition) is 1. The molecule has 0 aliphatic carbocycles. The molecule has 0 bridgehead atoms. The highest BCUT2D eigenvalue weighted by Gasteiger charge is 2.23. The maximum absolute atomic E-state index is 11.5. The van der Waals surface area contributed by atoms with E-state index in [2.05, 4.69) is 22.1 Å². The number of aromatic nitrogens is 2. The molecule has 1 aliphatic heterocycles. The van der Waals surface area contributed by atoms with Gasteiger partial charge in [-0.25, -0.2) is 4.98 Å². The van der Waals surface area contributed by atoms with Gasteiger partial charge >= 0.3 is 0 Å². The third kappa shape index (κ3) is 1.98. The molecule has 0 saturated carbocycles. The van der Waals surface area contributed by atoms with Crippen LogP contribution in [-0.2, 0) is 4.79 Å². The van der Waals surface area contributed by atoms with E-state index in [1.54, 1.807) is 13.1 Å². The van der Waals surface area contributed by atoms with E-state index < -0.39 is 0 Å². The Kier molecular flexibility index (Phi) is 2.78. The fourth-order valence-electron chi connectivity index (χ4n) is 2.72. The summed E-state index contributed by atoms with van der Waals surface area (Å²) in [4.78, 5) is 21.1. The first kappa shape index (κ1) is 11.3. The zero-order valence-corrected chi connectivity index (χ0v) is 10.5. The van der Waals surface area contributed by atoms with Crippen molar-refractivity contribution in [3.8, 4) is 0 Å². The predicted octanol–water partition coefficient (Wildman–Crippen LogP) is 2.29. The molecule has 94 valence electrons. The Balaban J connectivity index is 1.87. The van der Waals surface area contributed by atoms with Gasteiger partial charge in [0, 0.05) is 43.2 Å². The molecule has 18 heavy (non-hydrogen) atoms. The van der Waals surface area contributed by atoms with Crippen molar-refractivity contribution in [2.45, 2.75) is 25.7 Å². The van der Waals surface area contributed by atoms with Crippen molar-refractivity contribution in [3.63, 3.8) is 0 Å². The smallest absolute Gasteiger partial charge is 0.219 e. The Bertz CT molecular complexity index is 542. The van der Waals surface area contributed by atoms with Crippen molar-refractivity contribution in [1.29, 1.82) is 0 Å². The summed E-state index contributed by atoms with van der Waals surface area (Å²) in [6.07, 6.45) is 4.01. The van der Waals surface area contributed by atoms with E-state index in [1.807, 2.05) is 11.0 Å². The number of H-pyrrole nitrogens is 1. The number of carbonyl (C=O) groups excluding carboxylic acids is 1. The molecule has 2 aromatic heterocycles. The van der Waals surface area contributed by atoms with Gasteiger partial charge in [0.15, 0.2) is 0 Å². The highest BCUT2D eigenvalue weighted by Crippen LogP contribution is 2.28. The summed E-state index contributed by atoms with van der Waals surface area (Å²) in [7, 11) is 0. The summed E-state index contributed by atoms with van der Waals surface area (Å²) >= 11 is 0. The van der Waals surface area contributed by atoms with Gasteiger partial charge in [0.05, 0.1) is 0 Å². The van der Waals surface area contributed by atoms with Gasteiger partial charge in [0.2, 0.25) is 5.91 Å². The molecule has 1 atom stereocenters. The number of piperidine rings is 1. The summed E-state index contributed by atoms with van der Waals surface area (Å²) < 4.78 is 0. The summed E-state index contributed by atoms with van der Waals surface area (Å²) in [5, 5.41) is 1.15. The Hall–Kier alpha value is -1.84. The van der Waals surface area contributed by atoms with E-state index >= 15 is 0 Å². The number of aromatic amines is 1. The lowest BCUT2D eigenvalue weighted by molar-refractivity contribution is -0.130. The normalized spacial score (nSPS) is 20.3. The fourth-order valence-corrected chi connectivity index (χ4v) is 2.72. The van der Waals surface area contributed by atoms with Gasteiger partial charge in [0.25, 0.3) is 0 Å². The van der Waals surface area contributed by atoms with Gasteiger partial charge in [-0.15, -0.1) is 0 Å². The molecule has 2 aromatic rings. The van der Waals surface area contributed by atoms with Gasteiger partial charge in [-0.2, -0.15) is 0 Å². The van der Waals surface area contributed by atoms with Crippen LogP contribution in [0.15, 0.2) is 24.4 Å². The van der Waals surface area contributed by atoms with Gasteiger partial charge in [-0.1, -0.05) is 0 Å². The molecule has 4 nitrogen and oxygen atoms in total. The van der Waals surface area contributed by atoms with Gasteiger partial charge in [-0.05, 0) is 31.0 Å². The summed E-state index contributed by atoms with van der Waals surface area (Å²) in [6, 6.07) is 6.17. The van der Waals surface area contributed by atoms with E-state index in [4.69, 9.17) is 0 Å². The first-order valence-electron chi connectivity index (χ1n) is 6.43. The first-order chi connectivity index (χ1) is 8.74. The third-order valence-corrected chi connectivity index (χ3v) is 3.72. The van der Waals surface area contributed by atoms with Crippen LogP contribution in [-0.4, -0.2) is 33.9 Å². The number of fused-ring (bicyclic) bond motifs is 1. The van der Waals surface area contributed by atoms with Crippen molar-refractivity contribution in [3.05, 3.63) is 30.1 Å². The third-order valence-electron chi connectivity index (χ3n) is 3.72. The predicted molar refractivity (Wildman–Crippen MR) is 70.3 cm³/mol. The van der Waals surface area contributed by atoms with E-state index in [1.165, 1.54) is 5.69 Å². The molecular weight excluding hydrogens is 226 g/mol. The van der Waals surface area contributed by atoms with Crippen LogP contribution in [0.5, 0.6) is 0 Å². The van der Waals surface area contributed by atoms with Crippen LogP contribution >= 0.6 is 0 Å². The number of carbonyl (C=O) groups is 1. The zero-order chi connectivity index (χ0) is 12.5. The number of rotatable bonds is 1. The van der Waals surface area contributed by atoms with Crippen LogP contribution < -0.4 is 0 Å². The highest BCUT2D eigenvalue weighted by atomic mass is 16.2. The van der Waals surface area contributed by atoms with E-state index in [0.717, 1.165) is 37.0 Å². The van der Waals surface area contributed by atoms with Crippen molar-refractivity contribution < 1.29 is 4.79 Å². The van der Waals surface area contributed by atoms with Gasteiger partial charge in [-0.3, -0.25) is 4.79 Å². The van der Waals surface area contributed by atoms with Crippen LogP contribution in [0.25, 0.3) is 11.0 Å². The quantitative estimate of drug-likeness (QED) is 0.835. The Morgan fingerprint density at radius 1 is 1.56 bits per heavy atom. The minimum absolute atomic E-state index is 0.175. The highest BCUT2D eigenvalue weighted by molar-refractivity contribution is 5.76. The van der Waals surface area contributed by atoms with Crippen LogP contribution in [0.2, 0.25) is 0 Å². The van der Waals surface area contributed by atoms with Crippen LogP contribution in [0, 0.1) is 0 Å². The lowest BCUT2D eigenvalue weighted by Gasteiger charge is -2.31. The largest absolute Gasteiger partial charge is 0.343 e. The van der Waals surface area contributed by atoms with E-state index in [-0.39, 0.29) is 5.91 Å². The molecule has 0 spiro atoms. The molecule has 1 N–H and O–H groups in total. The summed E-state index contributed by atoms with van der Waals surface area (Å²) in [5.41, 5.74) is 2.14. The van der Waals surface area contributed by atoms with Gasteiger partial charge in [0.1, 0.15) is 5.65 Å². The molecule has 1 saturated heterocycles. The number of pyridine rings is 1. The average Bonchev–Trinajstić information content (AvgIpc) is 2.82. The van der Waals surface area contributed by atoms with E-state index in [9.17, 15) is 4.79 Å². The van der Waals surface area contributed by atoms with Crippen molar-refractivity contribution in [2.24, 2.45) is 0 Å². The topological polar surface area (TPSA) is 49.0 Å². The molecule has 1 fully saturated rings. The number of likely N-dealkylation sites (tertiary alicyclic amines) is 1. The summed E-state index contributed by atoms with van der Waals surface area (Å²) in [5.74, 6) is 0.589. The maximum Gasteiger partial charge on any atom is 0.219 e. The lowest BCUT2D eigenvalue weighted by atomic mass is 9.95. The Labute approximate surface area is 106 Å². The number of hydrogen-bond acceptors (Lipinski definition) is 2. The SMILES string of the molecule is CC(=O)N1CCCC(c2cc3cccnc3[nH]2)C1. The molecule has 1 aliphatic rings. The van der Waals surface area contributed by atoms with Crippen molar-refractivity contribution in [1.82, 2.24) is 14.9 Å². The maximum atomic E-state index is 11.5. The first-order valence-corrected chi connectivity index (χ1v) is 6.43. The van der Waals surface area contributed by atoms with Crippen molar-refractivity contribution in [2.75, 3.05) is 13.1 Å². The monoisotopic (exact) mass is 243 g/mol. The molecule has 3 heterocycles. The molecule has 1 amide bonds. The van der Waals surface area contributed by atoms with Crippen LogP contribution in [0.4, 0.5) is 0 Å². The van der Waals surface area contributed by atoms with Gasteiger partial charge < -0.3 is 9.88 Å². The average molecular weight is 243 g/mol.